The molecule has 0 fully saturated rings. The van der Waals surface area contributed by atoms with Crippen LogP contribution in [0.5, 0.6) is 17.2 Å². The van der Waals surface area contributed by atoms with E-state index in [9.17, 15) is 4.79 Å². The van der Waals surface area contributed by atoms with Crippen LogP contribution in [0.2, 0.25) is 0 Å². The predicted octanol–water partition coefficient (Wildman–Crippen LogP) is 1.43. The van der Waals surface area contributed by atoms with Gasteiger partial charge < -0.3 is 24.4 Å². The zero-order valence-electron chi connectivity index (χ0n) is 16.5. The van der Waals surface area contributed by atoms with Crippen LogP contribution in [-0.2, 0) is 17.9 Å². The second kappa shape index (κ2) is 10.4. The first kappa shape index (κ1) is 20.6. The molecule has 0 aliphatic rings. The molecular formula is C21H29N2O4+. The van der Waals surface area contributed by atoms with Crippen molar-refractivity contribution >= 4 is 5.91 Å². The van der Waals surface area contributed by atoms with Gasteiger partial charge in [-0.05, 0) is 48.9 Å². The van der Waals surface area contributed by atoms with E-state index in [1.165, 1.54) is 5.56 Å². The number of nitrogens with one attached hydrogen (secondary N) is 2. The first-order valence-corrected chi connectivity index (χ1v) is 9.06. The second-order valence-electron chi connectivity index (χ2n) is 6.35. The highest BCUT2D eigenvalue weighted by Gasteiger charge is 2.11. The first-order valence-electron chi connectivity index (χ1n) is 9.06. The summed E-state index contributed by atoms with van der Waals surface area (Å²) in [6.45, 7) is 4.25. The molecule has 1 unspecified atom stereocenters. The van der Waals surface area contributed by atoms with Gasteiger partial charge in [0.15, 0.2) is 18.0 Å². The summed E-state index contributed by atoms with van der Waals surface area (Å²) in [6, 6.07) is 13.6. The Bertz CT molecular complexity index is 731. The minimum atomic E-state index is 0.00761. The molecule has 0 aromatic heterocycles. The summed E-state index contributed by atoms with van der Waals surface area (Å²) in [4.78, 5) is 13.3. The van der Waals surface area contributed by atoms with Gasteiger partial charge >= 0.3 is 0 Å². The first-order chi connectivity index (χ1) is 13.0. The predicted molar refractivity (Wildman–Crippen MR) is 104 cm³/mol. The summed E-state index contributed by atoms with van der Waals surface area (Å²) >= 11 is 0. The van der Waals surface area contributed by atoms with Crippen LogP contribution in [0.25, 0.3) is 0 Å². The zero-order chi connectivity index (χ0) is 19.6. The zero-order valence-corrected chi connectivity index (χ0v) is 16.5. The Hall–Kier alpha value is -2.73. The van der Waals surface area contributed by atoms with Crippen LogP contribution in [0, 0.1) is 0 Å². The number of benzene rings is 2. The molecule has 0 saturated carbocycles. The van der Waals surface area contributed by atoms with Gasteiger partial charge in [0.1, 0.15) is 12.3 Å². The smallest absolute Gasteiger partial charge is 0.275 e. The maximum atomic E-state index is 12.2. The van der Waals surface area contributed by atoms with Gasteiger partial charge in [0, 0.05) is 12.1 Å². The Morgan fingerprint density at radius 3 is 2.30 bits per heavy atom. The normalized spacial score (nSPS) is 11.6. The fourth-order valence-electron chi connectivity index (χ4n) is 2.81. The van der Waals surface area contributed by atoms with E-state index in [4.69, 9.17) is 14.2 Å². The average molecular weight is 373 g/mol. The second-order valence-corrected chi connectivity index (χ2v) is 6.35. The SMILES string of the molecule is CCOc1ccc(C[NH+](C)CC(=O)NCc2ccc(OC)c(OC)c2)cc1. The number of amides is 1. The van der Waals surface area contributed by atoms with Crippen molar-refractivity contribution in [3.63, 3.8) is 0 Å². The standard InChI is InChI=1S/C21H28N2O4/c1-5-27-18-9-6-16(7-10-18)14-23(2)15-21(24)22-13-17-8-11-19(25-3)20(12-17)26-4/h6-12H,5,13-15H2,1-4H3,(H,22,24)/p+1. The van der Waals surface area contributed by atoms with E-state index >= 15 is 0 Å². The Labute approximate surface area is 161 Å². The van der Waals surface area contributed by atoms with Crippen molar-refractivity contribution in [1.82, 2.24) is 5.32 Å². The largest absolute Gasteiger partial charge is 0.494 e. The van der Waals surface area contributed by atoms with Crippen molar-refractivity contribution < 1.29 is 23.9 Å². The molecule has 1 amide bonds. The van der Waals surface area contributed by atoms with Crippen molar-refractivity contribution in [2.45, 2.75) is 20.0 Å². The highest BCUT2D eigenvalue weighted by molar-refractivity contribution is 5.76. The molecule has 0 spiro atoms. The third-order valence-electron chi connectivity index (χ3n) is 4.14. The minimum Gasteiger partial charge on any atom is -0.494 e. The summed E-state index contributed by atoms with van der Waals surface area (Å²) < 4.78 is 16.0. The van der Waals surface area contributed by atoms with Gasteiger partial charge in [0.25, 0.3) is 5.91 Å². The van der Waals surface area contributed by atoms with E-state index in [1.807, 2.05) is 56.4 Å². The molecule has 0 radical (unpaired) electrons. The van der Waals surface area contributed by atoms with Gasteiger partial charge in [-0.25, -0.2) is 0 Å². The third kappa shape index (κ3) is 6.49. The maximum Gasteiger partial charge on any atom is 0.275 e. The van der Waals surface area contributed by atoms with Crippen molar-refractivity contribution in [3.8, 4) is 17.2 Å². The van der Waals surface area contributed by atoms with E-state index in [2.05, 4.69) is 5.32 Å². The summed E-state index contributed by atoms with van der Waals surface area (Å²) in [5, 5.41) is 2.95. The molecule has 1 atom stereocenters. The maximum absolute atomic E-state index is 12.2. The molecule has 0 aliphatic heterocycles. The summed E-state index contributed by atoms with van der Waals surface area (Å²) in [5.74, 6) is 2.20. The summed E-state index contributed by atoms with van der Waals surface area (Å²) in [7, 11) is 5.20. The van der Waals surface area contributed by atoms with Crippen LogP contribution in [-0.4, -0.2) is 40.3 Å². The molecule has 2 aromatic carbocycles. The summed E-state index contributed by atoms with van der Waals surface area (Å²) in [6.07, 6.45) is 0. The highest BCUT2D eigenvalue weighted by Crippen LogP contribution is 2.27. The molecule has 146 valence electrons. The number of rotatable bonds is 10. The third-order valence-corrected chi connectivity index (χ3v) is 4.14. The van der Waals surface area contributed by atoms with Gasteiger partial charge in [-0.2, -0.15) is 0 Å². The average Bonchev–Trinajstić information content (AvgIpc) is 2.67. The Morgan fingerprint density at radius 2 is 1.67 bits per heavy atom. The number of quaternary nitrogens is 1. The number of hydrogen-bond acceptors (Lipinski definition) is 4. The van der Waals surface area contributed by atoms with Gasteiger partial charge in [-0.3, -0.25) is 4.79 Å². The molecule has 0 bridgehead atoms. The lowest BCUT2D eigenvalue weighted by Gasteiger charge is -2.15. The van der Waals surface area contributed by atoms with Crippen LogP contribution in [0.15, 0.2) is 42.5 Å². The Morgan fingerprint density at radius 1 is 1.00 bits per heavy atom. The number of likely N-dealkylation sites (N-methyl/N-ethyl adjacent to an activating group) is 1. The lowest BCUT2D eigenvalue weighted by atomic mass is 10.2. The number of ether oxygens (including phenoxy) is 3. The molecule has 0 saturated heterocycles. The molecule has 2 rings (SSSR count). The van der Waals surface area contributed by atoms with E-state index in [0.717, 1.165) is 22.8 Å². The molecule has 2 aromatic rings. The molecule has 2 N–H and O–H groups in total. The van der Waals surface area contributed by atoms with Gasteiger partial charge in [0.2, 0.25) is 0 Å². The minimum absolute atomic E-state index is 0.00761. The lowest BCUT2D eigenvalue weighted by Crippen LogP contribution is -3.08. The number of methoxy groups -OCH3 is 2. The topological polar surface area (TPSA) is 61.2 Å². The van der Waals surface area contributed by atoms with Crippen molar-refractivity contribution in [2.75, 3.05) is 34.4 Å². The van der Waals surface area contributed by atoms with Crippen LogP contribution >= 0.6 is 0 Å². The molecule has 6 heteroatoms. The number of carbonyl (C=O) groups is 1. The van der Waals surface area contributed by atoms with E-state index in [0.29, 0.717) is 31.2 Å². The van der Waals surface area contributed by atoms with Gasteiger partial charge in [-0.15, -0.1) is 0 Å². The van der Waals surface area contributed by atoms with Crippen LogP contribution in [0.4, 0.5) is 0 Å². The molecule has 27 heavy (non-hydrogen) atoms. The van der Waals surface area contributed by atoms with Gasteiger partial charge in [-0.1, -0.05) is 6.07 Å². The van der Waals surface area contributed by atoms with Crippen LogP contribution in [0.1, 0.15) is 18.1 Å². The van der Waals surface area contributed by atoms with Crippen LogP contribution in [0.3, 0.4) is 0 Å². The van der Waals surface area contributed by atoms with E-state index < -0.39 is 0 Å². The molecule has 0 aliphatic carbocycles. The molecule has 6 nitrogen and oxygen atoms in total. The van der Waals surface area contributed by atoms with Crippen molar-refractivity contribution in [1.29, 1.82) is 0 Å². The van der Waals surface area contributed by atoms with Crippen molar-refractivity contribution in [2.24, 2.45) is 0 Å². The van der Waals surface area contributed by atoms with Crippen molar-refractivity contribution in [3.05, 3.63) is 53.6 Å². The molecule has 0 heterocycles. The molecular weight excluding hydrogens is 344 g/mol. The summed E-state index contributed by atoms with van der Waals surface area (Å²) in [5.41, 5.74) is 2.13. The van der Waals surface area contributed by atoms with E-state index in [-0.39, 0.29) is 5.91 Å². The Balaban J connectivity index is 1.81. The number of carbonyl (C=O) groups excluding carboxylic acids is 1. The number of hydrogen-bond donors (Lipinski definition) is 2. The lowest BCUT2D eigenvalue weighted by molar-refractivity contribution is -0.885. The van der Waals surface area contributed by atoms with Crippen LogP contribution < -0.4 is 24.4 Å². The highest BCUT2D eigenvalue weighted by atomic mass is 16.5. The van der Waals surface area contributed by atoms with Gasteiger partial charge in [0.05, 0.1) is 27.9 Å². The monoisotopic (exact) mass is 373 g/mol. The fourth-order valence-corrected chi connectivity index (χ4v) is 2.81. The Kier molecular flexibility index (Phi) is 7.95. The fraction of sp³-hybridized carbons (Fsp3) is 0.381. The van der Waals surface area contributed by atoms with E-state index in [1.54, 1.807) is 14.2 Å². The quantitative estimate of drug-likeness (QED) is 0.662.